The molecule has 3 aromatic rings. The largest absolute Gasteiger partial charge is 0.354 e. The summed E-state index contributed by atoms with van der Waals surface area (Å²) in [6.07, 6.45) is 2.85. The van der Waals surface area contributed by atoms with Gasteiger partial charge in [0.2, 0.25) is 5.76 Å². The van der Waals surface area contributed by atoms with Crippen molar-refractivity contribution in [3.63, 3.8) is 0 Å². The number of rotatable bonds is 6. The summed E-state index contributed by atoms with van der Waals surface area (Å²) in [5, 5.41) is 15.1. The molecule has 128 valence electrons. The second kappa shape index (κ2) is 7.25. The molecule has 25 heavy (non-hydrogen) atoms. The van der Waals surface area contributed by atoms with Gasteiger partial charge >= 0.3 is 5.69 Å². The van der Waals surface area contributed by atoms with Crippen molar-refractivity contribution in [2.45, 2.75) is 32.6 Å². The van der Waals surface area contributed by atoms with Crippen molar-refractivity contribution in [1.82, 2.24) is 10.1 Å². The lowest BCUT2D eigenvalue weighted by Crippen LogP contribution is -2.09. The van der Waals surface area contributed by atoms with Crippen LogP contribution < -0.4 is 0 Å². The summed E-state index contributed by atoms with van der Waals surface area (Å²) in [6, 6.07) is 13.9. The highest BCUT2D eigenvalue weighted by molar-refractivity contribution is 5.39. The predicted molar refractivity (Wildman–Crippen MR) is 93.5 cm³/mol. The number of nitro groups is 1. The molecule has 0 saturated carbocycles. The lowest BCUT2D eigenvalue weighted by atomic mass is 9.89. The average Bonchev–Trinajstić information content (AvgIpc) is 2.96. The van der Waals surface area contributed by atoms with Gasteiger partial charge in [-0.2, -0.15) is 0 Å². The first-order valence-electron chi connectivity index (χ1n) is 8.10. The summed E-state index contributed by atoms with van der Waals surface area (Å²) in [7, 11) is 0. The van der Waals surface area contributed by atoms with Gasteiger partial charge in [0.15, 0.2) is 5.69 Å². The van der Waals surface area contributed by atoms with E-state index in [2.05, 4.69) is 10.1 Å². The molecular weight excluding hydrogens is 318 g/mol. The van der Waals surface area contributed by atoms with Crippen LogP contribution >= 0.6 is 0 Å². The van der Waals surface area contributed by atoms with E-state index in [9.17, 15) is 10.1 Å². The van der Waals surface area contributed by atoms with Crippen molar-refractivity contribution in [1.29, 1.82) is 0 Å². The van der Waals surface area contributed by atoms with E-state index in [0.717, 1.165) is 16.8 Å². The summed E-state index contributed by atoms with van der Waals surface area (Å²) < 4.78 is 5.26. The Morgan fingerprint density at radius 1 is 1.16 bits per heavy atom. The standard InChI is InChI=1S/C19H19N3O3/c1-13-8-9-20-17(10-13)11-16(15-6-4-3-5-7-15)12-18-19(22(23)24)14(2)21-25-18/h3-10,16H,11-12H2,1-2H3. The maximum absolute atomic E-state index is 11.3. The van der Waals surface area contributed by atoms with Gasteiger partial charge in [0.1, 0.15) is 0 Å². The van der Waals surface area contributed by atoms with Gasteiger partial charge in [0, 0.05) is 18.3 Å². The fraction of sp³-hybridized carbons (Fsp3) is 0.263. The van der Waals surface area contributed by atoms with Crippen LogP contribution in [0.2, 0.25) is 0 Å². The van der Waals surface area contributed by atoms with Crippen molar-refractivity contribution in [3.8, 4) is 0 Å². The van der Waals surface area contributed by atoms with Crippen LogP contribution in [0.3, 0.4) is 0 Å². The molecule has 0 amide bonds. The molecule has 0 bridgehead atoms. The molecule has 0 spiro atoms. The lowest BCUT2D eigenvalue weighted by molar-refractivity contribution is -0.386. The van der Waals surface area contributed by atoms with E-state index in [-0.39, 0.29) is 11.6 Å². The maximum atomic E-state index is 11.3. The summed E-state index contributed by atoms with van der Waals surface area (Å²) in [4.78, 5) is 15.3. The summed E-state index contributed by atoms with van der Waals surface area (Å²) in [6.45, 7) is 3.61. The highest BCUT2D eigenvalue weighted by Crippen LogP contribution is 2.30. The van der Waals surface area contributed by atoms with Crippen molar-refractivity contribution >= 4 is 5.69 Å². The highest BCUT2D eigenvalue weighted by Gasteiger charge is 2.27. The summed E-state index contributed by atoms with van der Waals surface area (Å²) in [5.41, 5.74) is 3.46. The van der Waals surface area contributed by atoms with Crippen LogP contribution in [0.1, 0.15) is 34.2 Å². The molecule has 6 nitrogen and oxygen atoms in total. The number of aromatic nitrogens is 2. The van der Waals surface area contributed by atoms with E-state index < -0.39 is 4.92 Å². The second-order valence-corrected chi connectivity index (χ2v) is 6.14. The number of nitrogens with zero attached hydrogens (tertiary/aromatic N) is 3. The van der Waals surface area contributed by atoms with Crippen molar-refractivity contribution in [3.05, 3.63) is 87.1 Å². The Hall–Kier alpha value is -3.02. The lowest BCUT2D eigenvalue weighted by Gasteiger charge is -2.16. The Morgan fingerprint density at radius 3 is 2.60 bits per heavy atom. The van der Waals surface area contributed by atoms with E-state index in [1.165, 1.54) is 0 Å². The summed E-state index contributed by atoms with van der Waals surface area (Å²) in [5.74, 6) is 0.325. The normalized spacial score (nSPS) is 12.1. The highest BCUT2D eigenvalue weighted by atomic mass is 16.6. The topological polar surface area (TPSA) is 82.1 Å². The average molecular weight is 337 g/mol. The quantitative estimate of drug-likeness (QED) is 0.498. The van der Waals surface area contributed by atoms with Crippen molar-refractivity contribution in [2.75, 3.05) is 0 Å². The molecule has 1 aromatic carbocycles. The molecular formula is C19H19N3O3. The smallest absolute Gasteiger partial charge is 0.334 e. The zero-order chi connectivity index (χ0) is 17.8. The number of pyridine rings is 1. The third-order valence-corrected chi connectivity index (χ3v) is 4.21. The first kappa shape index (κ1) is 16.8. The minimum absolute atomic E-state index is 0.0153. The predicted octanol–water partition coefficient (Wildman–Crippen LogP) is 4.16. The van der Waals surface area contributed by atoms with E-state index >= 15 is 0 Å². The van der Waals surface area contributed by atoms with E-state index in [0.29, 0.717) is 24.3 Å². The van der Waals surface area contributed by atoms with Crippen LogP contribution in [0.5, 0.6) is 0 Å². The first-order chi connectivity index (χ1) is 12.0. The third-order valence-electron chi connectivity index (χ3n) is 4.21. The maximum Gasteiger partial charge on any atom is 0.334 e. The zero-order valence-electron chi connectivity index (χ0n) is 14.2. The Labute approximate surface area is 145 Å². The number of aryl methyl sites for hydroxylation is 2. The summed E-state index contributed by atoms with van der Waals surface area (Å²) >= 11 is 0. The van der Waals surface area contributed by atoms with Crippen molar-refractivity contribution in [2.24, 2.45) is 0 Å². The van der Waals surface area contributed by atoms with Crippen LogP contribution in [-0.4, -0.2) is 15.1 Å². The monoisotopic (exact) mass is 337 g/mol. The van der Waals surface area contributed by atoms with Gasteiger partial charge in [0.25, 0.3) is 0 Å². The van der Waals surface area contributed by atoms with Crippen LogP contribution in [-0.2, 0) is 12.8 Å². The molecule has 6 heteroatoms. The molecule has 0 saturated heterocycles. The van der Waals surface area contributed by atoms with Crippen LogP contribution in [0, 0.1) is 24.0 Å². The van der Waals surface area contributed by atoms with Crippen molar-refractivity contribution < 1.29 is 9.45 Å². The second-order valence-electron chi connectivity index (χ2n) is 6.14. The van der Waals surface area contributed by atoms with Gasteiger partial charge in [-0.15, -0.1) is 0 Å². The van der Waals surface area contributed by atoms with Crippen LogP contribution in [0.25, 0.3) is 0 Å². The molecule has 0 radical (unpaired) electrons. The van der Waals surface area contributed by atoms with Gasteiger partial charge in [0.05, 0.1) is 4.92 Å². The van der Waals surface area contributed by atoms with E-state index in [1.54, 1.807) is 13.1 Å². The Bertz CT molecular complexity index is 875. The van der Waals surface area contributed by atoms with Gasteiger partial charge in [-0.1, -0.05) is 35.5 Å². The molecule has 2 heterocycles. The molecule has 0 aliphatic heterocycles. The molecule has 3 rings (SSSR count). The minimum atomic E-state index is -0.422. The fourth-order valence-corrected chi connectivity index (χ4v) is 3.00. The Balaban J connectivity index is 1.93. The Morgan fingerprint density at radius 2 is 1.92 bits per heavy atom. The molecule has 0 fully saturated rings. The molecule has 0 aliphatic carbocycles. The first-order valence-corrected chi connectivity index (χ1v) is 8.10. The molecule has 1 unspecified atom stereocenters. The van der Waals surface area contributed by atoms with Gasteiger partial charge in [-0.05, 0) is 49.4 Å². The molecule has 2 aromatic heterocycles. The van der Waals surface area contributed by atoms with E-state index in [4.69, 9.17) is 4.52 Å². The van der Waals surface area contributed by atoms with Crippen LogP contribution in [0.4, 0.5) is 5.69 Å². The number of benzene rings is 1. The molecule has 0 aliphatic rings. The molecule has 0 N–H and O–H groups in total. The number of hydrogen-bond donors (Lipinski definition) is 0. The van der Waals surface area contributed by atoms with Gasteiger partial charge in [-0.3, -0.25) is 15.1 Å². The molecule has 1 atom stereocenters. The number of hydrogen-bond acceptors (Lipinski definition) is 5. The Kier molecular flexibility index (Phi) is 4.88. The SMILES string of the molecule is Cc1ccnc(CC(Cc2onc(C)c2[N+](=O)[O-])c2ccccc2)c1. The van der Waals surface area contributed by atoms with Gasteiger partial charge < -0.3 is 4.52 Å². The van der Waals surface area contributed by atoms with Crippen LogP contribution in [0.15, 0.2) is 53.2 Å². The van der Waals surface area contributed by atoms with Gasteiger partial charge in [-0.25, -0.2) is 0 Å². The van der Waals surface area contributed by atoms with E-state index in [1.807, 2.05) is 49.4 Å². The third kappa shape index (κ3) is 3.91. The minimum Gasteiger partial charge on any atom is -0.354 e. The zero-order valence-corrected chi connectivity index (χ0v) is 14.2. The fourth-order valence-electron chi connectivity index (χ4n) is 3.00.